The van der Waals surface area contributed by atoms with E-state index in [-0.39, 0.29) is 24.1 Å². The smallest absolute Gasteiger partial charge is 0.274 e. The summed E-state index contributed by atoms with van der Waals surface area (Å²) in [5.74, 6) is 0.220. The molecule has 0 fully saturated rings. The Kier molecular flexibility index (Phi) is 4.46. The monoisotopic (exact) mass is 403 g/mol. The molecule has 3 heterocycles. The van der Waals surface area contributed by atoms with Crippen molar-refractivity contribution in [3.05, 3.63) is 71.5 Å². The van der Waals surface area contributed by atoms with Crippen molar-refractivity contribution in [3.8, 4) is 5.75 Å². The number of nitrogens with zero attached hydrogens (tertiary/aromatic N) is 4. The van der Waals surface area contributed by atoms with Crippen molar-refractivity contribution in [1.82, 2.24) is 20.3 Å². The van der Waals surface area contributed by atoms with Crippen LogP contribution in [0.15, 0.2) is 54.6 Å². The van der Waals surface area contributed by atoms with Gasteiger partial charge in [-0.25, -0.2) is 4.68 Å². The molecule has 8 nitrogen and oxygen atoms in total. The Morgan fingerprint density at radius 3 is 2.73 bits per heavy atom. The highest BCUT2D eigenvalue weighted by molar-refractivity contribution is 6.03. The predicted molar refractivity (Wildman–Crippen MR) is 110 cm³/mol. The molecule has 0 spiro atoms. The lowest BCUT2D eigenvalue weighted by Gasteiger charge is -2.20. The zero-order chi connectivity index (χ0) is 20.7. The van der Waals surface area contributed by atoms with E-state index in [2.05, 4.69) is 27.8 Å². The number of amides is 2. The maximum absolute atomic E-state index is 13.0. The van der Waals surface area contributed by atoms with Gasteiger partial charge in [0.05, 0.1) is 17.9 Å². The zero-order valence-corrected chi connectivity index (χ0v) is 16.5. The van der Waals surface area contributed by atoms with E-state index in [0.29, 0.717) is 24.4 Å². The third kappa shape index (κ3) is 3.10. The van der Waals surface area contributed by atoms with Gasteiger partial charge in [-0.1, -0.05) is 47.7 Å². The number of likely N-dealkylation sites (N-methyl/N-ethyl adjacent to an activating group) is 1. The second-order valence-corrected chi connectivity index (χ2v) is 7.58. The number of nitrogens with one attached hydrogen (secondary N) is 1. The van der Waals surface area contributed by atoms with Crippen molar-refractivity contribution in [2.75, 3.05) is 18.6 Å². The topological polar surface area (TPSA) is 89.4 Å². The number of hydrogen-bond donors (Lipinski definition) is 1. The van der Waals surface area contributed by atoms with Crippen LogP contribution in [0.5, 0.6) is 5.75 Å². The maximum atomic E-state index is 13.0. The van der Waals surface area contributed by atoms with Crippen molar-refractivity contribution in [1.29, 1.82) is 0 Å². The number of hydrogen-bond acceptors (Lipinski definition) is 5. The van der Waals surface area contributed by atoms with Gasteiger partial charge in [-0.15, -0.1) is 5.10 Å². The highest BCUT2D eigenvalue weighted by atomic mass is 16.5. The zero-order valence-electron chi connectivity index (χ0n) is 16.5. The van der Waals surface area contributed by atoms with Crippen LogP contribution in [0.1, 0.15) is 27.7 Å². The number of para-hydroxylation sites is 2. The summed E-state index contributed by atoms with van der Waals surface area (Å²) in [4.78, 5) is 27.3. The lowest BCUT2D eigenvalue weighted by molar-refractivity contribution is -0.120. The molecule has 2 aliphatic rings. The van der Waals surface area contributed by atoms with Crippen LogP contribution in [0.3, 0.4) is 0 Å². The summed E-state index contributed by atoms with van der Waals surface area (Å²) >= 11 is 0. The number of ether oxygens (including phenoxy) is 1. The molecule has 2 aromatic carbocycles. The standard InChI is InChI=1S/C22H21N5O3/c1-26-17-9-5-6-10-19(17)30-13-16(22(26)29)23-21(28)20-18-11-15(12-27(18)25-24-20)14-7-3-2-4-8-14/h2-10,15-16H,11-13H2,1H3,(H,23,28)/t15?,16-/m0/s1. The number of aromatic nitrogens is 3. The molecule has 2 amide bonds. The molecule has 1 aromatic heterocycles. The third-order valence-corrected chi connectivity index (χ3v) is 5.72. The normalized spacial score (nSPS) is 20.2. The fourth-order valence-electron chi connectivity index (χ4n) is 4.10. The lowest BCUT2D eigenvalue weighted by atomic mass is 9.96. The van der Waals surface area contributed by atoms with Crippen LogP contribution in [0, 0.1) is 0 Å². The van der Waals surface area contributed by atoms with Gasteiger partial charge in [0.15, 0.2) is 5.69 Å². The molecule has 5 rings (SSSR count). The van der Waals surface area contributed by atoms with Crippen molar-refractivity contribution >= 4 is 17.5 Å². The van der Waals surface area contributed by atoms with E-state index >= 15 is 0 Å². The molecular weight excluding hydrogens is 382 g/mol. The minimum Gasteiger partial charge on any atom is -0.489 e. The Morgan fingerprint density at radius 1 is 1.13 bits per heavy atom. The van der Waals surface area contributed by atoms with E-state index in [1.807, 2.05) is 36.4 Å². The van der Waals surface area contributed by atoms with E-state index in [4.69, 9.17) is 4.74 Å². The first-order chi connectivity index (χ1) is 14.6. The molecule has 152 valence electrons. The van der Waals surface area contributed by atoms with Gasteiger partial charge in [0, 0.05) is 19.4 Å². The average molecular weight is 403 g/mol. The van der Waals surface area contributed by atoms with E-state index < -0.39 is 11.9 Å². The second kappa shape index (κ2) is 7.29. The number of carbonyl (C=O) groups is 2. The van der Waals surface area contributed by atoms with Crippen LogP contribution >= 0.6 is 0 Å². The summed E-state index contributed by atoms with van der Waals surface area (Å²) in [6, 6.07) is 16.7. The lowest BCUT2D eigenvalue weighted by Crippen LogP contribution is -2.49. The molecular formula is C22H21N5O3. The van der Waals surface area contributed by atoms with Crippen LogP contribution in [0.2, 0.25) is 0 Å². The number of carbonyl (C=O) groups excluding carboxylic acids is 2. The van der Waals surface area contributed by atoms with Crippen LogP contribution in [0.25, 0.3) is 0 Å². The van der Waals surface area contributed by atoms with Gasteiger partial charge in [0.1, 0.15) is 18.4 Å². The van der Waals surface area contributed by atoms with Crippen LogP contribution in [-0.2, 0) is 17.8 Å². The molecule has 3 aromatic rings. The highest BCUT2D eigenvalue weighted by Crippen LogP contribution is 2.31. The fraction of sp³-hybridized carbons (Fsp3) is 0.273. The minimum absolute atomic E-state index is 0.0576. The number of rotatable bonds is 3. The van der Waals surface area contributed by atoms with Crippen molar-refractivity contribution in [3.63, 3.8) is 0 Å². The molecule has 0 saturated carbocycles. The Balaban J connectivity index is 1.33. The maximum Gasteiger partial charge on any atom is 0.274 e. The fourth-order valence-corrected chi connectivity index (χ4v) is 4.10. The summed E-state index contributed by atoms with van der Waals surface area (Å²) in [6.07, 6.45) is 0.681. The number of fused-ring (bicyclic) bond motifs is 2. The Morgan fingerprint density at radius 2 is 1.90 bits per heavy atom. The van der Waals surface area contributed by atoms with Gasteiger partial charge < -0.3 is 15.0 Å². The van der Waals surface area contributed by atoms with E-state index in [1.165, 1.54) is 10.5 Å². The van der Waals surface area contributed by atoms with Crippen LogP contribution in [-0.4, -0.2) is 46.5 Å². The molecule has 0 saturated heterocycles. The Labute approximate surface area is 173 Å². The van der Waals surface area contributed by atoms with E-state index in [1.54, 1.807) is 17.8 Å². The molecule has 0 radical (unpaired) electrons. The largest absolute Gasteiger partial charge is 0.489 e. The van der Waals surface area contributed by atoms with Gasteiger partial charge in [-0.05, 0) is 17.7 Å². The van der Waals surface area contributed by atoms with Crippen molar-refractivity contribution in [2.45, 2.75) is 24.9 Å². The summed E-state index contributed by atoms with van der Waals surface area (Å²) in [6.45, 7) is 0.741. The molecule has 0 aliphatic carbocycles. The predicted octanol–water partition coefficient (Wildman–Crippen LogP) is 1.77. The quantitative estimate of drug-likeness (QED) is 0.720. The summed E-state index contributed by atoms with van der Waals surface area (Å²) in [7, 11) is 1.68. The number of anilines is 1. The van der Waals surface area contributed by atoms with Crippen molar-refractivity contribution < 1.29 is 14.3 Å². The van der Waals surface area contributed by atoms with Crippen molar-refractivity contribution in [2.24, 2.45) is 0 Å². The van der Waals surface area contributed by atoms with Crippen LogP contribution < -0.4 is 15.0 Å². The first-order valence-corrected chi connectivity index (χ1v) is 9.89. The van der Waals surface area contributed by atoms with Gasteiger partial charge in [0.2, 0.25) is 0 Å². The molecule has 2 aliphatic heterocycles. The summed E-state index contributed by atoms with van der Waals surface area (Å²) in [5.41, 5.74) is 2.95. The minimum atomic E-state index is -0.807. The molecule has 30 heavy (non-hydrogen) atoms. The van der Waals surface area contributed by atoms with E-state index in [0.717, 1.165) is 5.69 Å². The van der Waals surface area contributed by atoms with Gasteiger partial charge >= 0.3 is 0 Å². The van der Waals surface area contributed by atoms with E-state index in [9.17, 15) is 9.59 Å². The Hall–Kier alpha value is -3.68. The molecule has 1 unspecified atom stereocenters. The van der Waals surface area contributed by atoms with Gasteiger partial charge in [0.25, 0.3) is 11.8 Å². The van der Waals surface area contributed by atoms with Gasteiger partial charge in [-0.3, -0.25) is 9.59 Å². The molecule has 1 N–H and O–H groups in total. The number of benzene rings is 2. The highest BCUT2D eigenvalue weighted by Gasteiger charge is 2.34. The second-order valence-electron chi connectivity index (χ2n) is 7.58. The third-order valence-electron chi connectivity index (χ3n) is 5.72. The molecule has 2 atom stereocenters. The first kappa shape index (κ1) is 18.4. The first-order valence-electron chi connectivity index (χ1n) is 9.89. The SMILES string of the molecule is CN1C(=O)[C@@H](NC(=O)c2nnn3c2CC(c2ccccc2)C3)COc2ccccc21. The Bertz CT molecular complexity index is 1110. The summed E-state index contributed by atoms with van der Waals surface area (Å²) in [5, 5.41) is 11.0. The molecule has 8 heteroatoms. The molecule has 0 bridgehead atoms. The summed E-state index contributed by atoms with van der Waals surface area (Å²) < 4.78 is 7.55. The van der Waals surface area contributed by atoms with Crippen LogP contribution in [0.4, 0.5) is 5.69 Å². The average Bonchev–Trinajstić information content (AvgIpc) is 3.34. The van der Waals surface area contributed by atoms with Gasteiger partial charge in [-0.2, -0.15) is 0 Å².